The molecule has 1 unspecified atom stereocenters. The van der Waals surface area contributed by atoms with Crippen LogP contribution in [-0.4, -0.2) is 36.9 Å². The monoisotopic (exact) mass is 313 g/mol. The van der Waals surface area contributed by atoms with Crippen molar-refractivity contribution >= 4 is 16.0 Å². The van der Waals surface area contributed by atoms with Crippen molar-refractivity contribution in [1.29, 1.82) is 0 Å². The molecule has 0 spiro atoms. The second-order valence-corrected chi connectivity index (χ2v) is 7.48. The Bertz CT molecular complexity index is 623. The summed E-state index contributed by atoms with van der Waals surface area (Å²) in [7, 11) is -2.17. The van der Waals surface area contributed by atoms with E-state index in [4.69, 9.17) is 0 Å². The fourth-order valence-corrected chi connectivity index (χ4v) is 3.55. The molecule has 0 saturated carbocycles. The standard InChI is InChI=1S/C15H23NO4S/c1-6-12-7-8-13(9-14(12)15(17)18)21(19,20)16(5)11(4)10(2)3/h7-11H,6H2,1-5H3,(H,17,18). The van der Waals surface area contributed by atoms with Gasteiger partial charge in [0, 0.05) is 13.1 Å². The number of aromatic carboxylic acids is 1. The summed E-state index contributed by atoms with van der Waals surface area (Å²) in [5.74, 6) is -0.943. The molecule has 0 heterocycles. The van der Waals surface area contributed by atoms with Gasteiger partial charge in [-0.15, -0.1) is 0 Å². The third-order valence-corrected chi connectivity index (χ3v) is 5.85. The highest BCUT2D eigenvalue weighted by Gasteiger charge is 2.28. The van der Waals surface area contributed by atoms with Crippen LogP contribution in [0.4, 0.5) is 0 Å². The Hall–Kier alpha value is -1.40. The zero-order valence-electron chi connectivity index (χ0n) is 13.1. The molecular weight excluding hydrogens is 290 g/mol. The number of rotatable bonds is 6. The maximum absolute atomic E-state index is 12.6. The number of nitrogens with zero attached hydrogens (tertiary/aromatic N) is 1. The molecule has 0 fully saturated rings. The van der Waals surface area contributed by atoms with Crippen LogP contribution < -0.4 is 0 Å². The van der Waals surface area contributed by atoms with Crippen LogP contribution in [0.1, 0.15) is 43.6 Å². The second kappa shape index (κ2) is 6.58. The molecule has 21 heavy (non-hydrogen) atoms. The number of sulfonamides is 1. The second-order valence-electron chi connectivity index (χ2n) is 5.48. The van der Waals surface area contributed by atoms with Gasteiger partial charge in [-0.25, -0.2) is 13.2 Å². The van der Waals surface area contributed by atoms with Gasteiger partial charge in [0.1, 0.15) is 0 Å². The summed E-state index contributed by atoms with van der Waals surface area (Å²) < 4.78 is 26.5. The molecule has 0 aliphatic carbocycles. The van der Waals surface area contributed by atoms with E-state index in [2.05, 4.69) is 0 Å². The molecule has 0 saturated heterocycles. The quantitative estimate of drug-likeness (QED) is 0.876. The third-order valence-electron chi connectivity index (χ3n) is 3.91. The lowest BCUT2D eigenvalue weighted by Gasteiger charge is -2.27. The molecule has 1 aromatic carbocycles. The lowest BCUT2D eigenvalue weighted by atomic mass is 10.1. The van der Waals surface area contributed by atoms with Crippen LogP contribution in [0.3, 0.4) is 0 Å². The predicted molar refractivity (Wildman–Crippen MR) is 82.0 cm³/mol. The predicted octanol–water partition coefficient (Wildman–Crippen LogP) is 2.61. The molecule has 1 N–H and O–H groups in total. The SMILES string of the molecule is CCc1ccc(S(=O)(=O)N(C)C(C)C(C)C)cc1C(=O)O. The van der Waals surface area contributed by atoms with Crippen molar-refractivity contribution in [2.45, 2.75) is 45.1 Å². The van der Waals surface area contributed by atoms with Gasteiger partial charge < -0.3 is 5.11 Å². The van der Waals surface area contributed by atoms with Crippen LogP contribution in [0.5, 0.6) is 0 Å². The van der Waals surface area contributed by atoms with E-state index in [1.807, 2.05) is 27.7 Å². The fraction of sp³-hybridized carbons (Fsp3) is 0.533. The number of carboxylic acids is 1. The minimum atomic E-state index is -3.69. The fourth-order valence-electron chi connectivity index (χ4n) is 2.03. The van der Waals surface area contributed by atoms with Crippen LogP contribution in [0.15, 0.2) is 23.1 Å². The van der Waals surface area contributed by atoms with Crippen molar-refractivity contribution in [3.63, 3.8) is 0 Å². The van der Waals surface area contributed by atoms with Crippen molar-refractivity contribution in [2.75, 3.05) is 7.05 Å². The van der Waals surface area contributed by atoms with Gasteiger partial charge >= 0.3 is 5.97 Å². The molecule has 1 aromatic rings. The Morgan fingerprint density at radius 2 is 1.86 bits per heavy atom. The van der Waals surface area contributed by atoms with Gasteiger partial charge in [0.15, 0.2) is 0 Å². The van der Waals surface area contributed by atoms with Crippen molar-refractivity contribution in [2.24, 2.45) is 5.92 Å². The van der Waals surface area contributed by atoms with Gasteiger partial charge in [-0.2, -0.15) is 4.31 Å². The lowest BCUT2D eigenvalue weighted by molar-refractivity contribution is 0.0695. The highest BCUT2D eigenvalue weighted by molar-refractivity contribution is 7.89. The zero-order chi connectivity index (χ0) is 16.4. The van der Waals surface area contributed by atoms with Gasteiger partial charge in [0.25, 0.3) is 0 Å². The number of carbonyl (C=O) groups is 1. The Morgan fingerprint density at radius 1 is 1.29 bits per heavy atom. The summed E-state index contributed by atoms with van der Waals surface area (Å²) in [5.41, 5.74) is 0.671. The third kappa shape index (κ3) is 3.63. The van der Waals surface area contributed by atoms with Gasteiger partial charge in [0.2, 0.25) is 10.0 Å². The molecule has 1 atom stereocenters. The molecule has 0 bridgehead atoms. The highest BCUT2D eigenvalue weighted by Crippen LogP contribution is 2.23. The highest BCUT2D eigenvalue weighted by atomic mass is 32.2. The first-order valence-corrected chi connectivity index (χ1v) is 8.41. The average Bonchev–Trinajstić information content (AvgIpc) is 2.44. The summed E-state index contributed by atoms with van der Waals surface area (Å²) in [6.45, 7) is 7.56. The van der Waals surface area contributed by atoms with Gasteiger partial charge in [0.05, 0.1) is 10.5 Å². The van der Waals surface area contributed by atoms with Gasteiger partial charge in [-0.3, -0.25) is 0 Å². The Kier molecular flexibility index (Phi) is 5.53. The number of aryl methyl sites for hydroxylation is 1. The first kappa shape index (κ1) is 17.7. The first-order chi connectivity index (χ1) is 9.62. The van der Waals surface area contributed by atoms with Crippen molar-refractivity contribution in [3.05, 3.63) is 29.3 Å². The molecule has 0 aliphatic rings. The van der Waals surface area contributed by atoms with Crippen molar-refractivity contribution in [1.82, 2.24) is 4.31 Å². The Morgan fingerprint density at radius 3 is 2.29 bits per heavy atom. The van der Waals surface area contributed by atoms with E-state index in [-0.39, 0.29) is 22.4 Å². The summed E-state index contributed by atoms with van der Waals surface area (Å²) in [6.07, 6.45) is 0.542. The summed E-state index contributed by atoms with van der Waals surface area (Å²) in [5, 5.41) is 9.21. The zero-order valence-corrected chi connectivity index (χ0v) is 13.9. The molecular formula is C15H23NO4S. The molecule has 0 radical (unpaired) electrons. The maximum Gasteiger partial charge on any atom is 0.336 e. The minimum absolute atomic E-state index is 0.0205. The number of hydrogen-bond acceptors (Lipinski definition) is 3. The molecule has 5 nitrogen and oxygen atoms in total. The molecule has 1 rings (SSSR count). The van der Waals surface area contributed by atoms with E-state index in [9.17, 15) is 18.3 Å². The van der Waals surface area contributed by atoms with Crippen molar-refractivity contribution in [3.8, 4) is 0 Å². The number of carboxylic acid groups (broad SMARTS) is 1. The number of hydrogen-bond donors (Lipinski definition) is 1. The summed E-state index contributed by atoms with van der Waals surface area (Å²) in [4.78, 5) is 11.3. The van der Waals surface area contributed by atoms with Crippen LogP contribution in [0.2, 0.25) is 0 Å². The molecule has 0 aromatic heterocycles. The maximum atomic E-state index is 12.6. The van der Waals surface area contributed by atoms with Crippen molar-refractivity contribution < 1.29 is 18.3 Å². The van der Waals surface area contributed by atoms with E-state index in [0.29, 0.717) is 12.0 Å². The van der Waals surface area contributed by atoms with E-state index in [1.54, 1.807) is 6.07 Å². The molecule has 0 amide bonds. The molecule has 118 valence electrons. The Balaban J connectivity index is 3.33. The topological polar surface area (TPSA) is 74.7 Å². The molecule has 6 heteroatoms. The van der Waals surface area contributed by atoms with Crippen LogP contribution in [0, 0.1) is 5.92 Å². The van der Waals surface area contributed by atoms with Crippen LogP contribution in [-0.2, 0) is 16.4 Å². The summed E-state index contributed by atoms with van der Waals surface area (Å²) in [6, 6.07) is 4.13. The van der Waals surface area contributed by atoms with E-state index < -0.39 is 16.0 Å². The Labute approximate surface area is 126 Å². The first-order valence-electron chi connectivity index (χ1n) is 6.97. The van der Waals surface area contributed by atoms with Gasteiger partial charge in [-0.05, 0) is 37.0 Å². The minimum Gasteiger partial charge on any atom is -0.478 e. The average molecular weight is 313 g/mol. The normalized spacial score (nSPS) is 13.7. The molecule has 0 aliphatic heterocycles. The smallest absolute Gasteiger partial charge is 0.336 e. The van der Waals surface area contributed by atoms with Crippen LogP contribution >= 0.6 is 0 Å². The van der Waals surface area contributed by atoms with E-state index in [1.165, 1.54) is 23.5 Å². The lowest BCUT2D eigenvalue weighted by Crippen LogP contribution is -2.38. The van der Waals surface area contributed by atoms with E-state index in [0.717, 1.165) is 0 Å². The summed E-state index contributed by atoms with van der Waals surface area (Å²) >= 11 is 0. The van der Waals surface area contributed by atoms with Crippen LogP contribution in [0.25, 0.3) is 0 Å². The number of benzene rings is 1. The van der Waals surface area contributed by atoms with Gasteiger partial charge in [-0.1, -0.05) is 26.8 Å². The van der Waals surface area contributed by atoms with E-state index >= 15 is 0 Å². The largest absolute Gasteiger partial charge is 0.478 e.